The van der Waals surface area contributed by atoms with Crippen LogP contribution in [0.4, 0.5) is 0 Å². The maximum Gasteiger partial charge on any atom is 0.0576 e. The molecular formula is C17H35N3O. The highest BCUT2D eigenvalue weighted by Crippen LogP contribution is 2.35. The largest absolute Gasteiger partial charge is 0.378 e. The summed E-state index contributed by atoms with van der Waals surface area (Å²) in [6.07, 6.45) is 14.5. The minimum absolute atomic E-state index is 0.238. The van der Waals surface area contributed by atoms with Crippen molar-refractivity contribution in [2.45, 2.75) is 88.3 Å². The van der Waals surface area contributed by atoms with Crippen LogP contribution in [0.25, 0.3) is 0 Å². The predicted molar refractivity (Wildman–Crippen MR) is 88.1 cm³/mol. The molecule has 0 aromatic carbocycles. The number of likely N-dealkylation sites (N-methyl/N-ethyl adjacent to an activating group) is 1. The highest BCUT2D eigenvalue weighted by molar-refractivity contribution is 4.99. The monoisotopic (exact) mass is 297 g/mol. The summed E-state index contributed by atoms with van der Waals surface area (Å²) in [5, 5.41) is 0. The van der Waals surface area contributed by atoms with Gasteiger partial charge in [0.25, 0.3) is 0 Å². The van der Waals surface area contributed by atoms with E-state index in [4.69, 9.17) is 10.6 Å². The van der Waals surface area contributed by atoms with Gasteiger partial charge in [0.2, 0.25) is 0 Å². The molecule has 0 bridgehead atoms. The molecule has 2 atom stereocenters. The summed E-state index contributed by atoms with van der Waals surface area (Å²) >= 11 is 0. The minimum Gasteiger partial charge on any atom is -0.378 e. The van der Waals surface area contributed by atoms with Crippen molar-refractivity contribution in [1.82, 2.24) is 10.3 Å². The van der Waals surface area contributed by atoms with Gasteiger partial charge in [-0.05, 0) is 59.0 Å². The summed E-state index contributed by atoms with van der Waals surface area (Å²) in [6.45, 7) is 0.963. The standard InChI is InChI=1S/C17H35N3O/c1-20(2)17(12-5-3-4-6-13-17)16(19-18)11-7-9-15-10-8-14-21-15/h15-16,19H,3-14,18H2,1-2H3. The van der Waals surface area contributed by atoms with Crippen molar-refractivity contribution in [3.05, 3.63) is 0 Å². The summed E-state index contributed by atoms with van der Waals surface area (Å²) in [5.74, 6) is 5.96. The lowest BCUT2D eigenvalue weighted by Crippen LogP contribution is -2.60. The van der Waals surface area contributed by atoms with Crippen molar-refractivity contribution in [3.63, 3.8) is 0 Å². The Bertz CT molecular complexity index is 282. The molecule has 21 heavy (non-hydrogen) atoms. The zero-order valence-electron chi connectivity index (χ0n) is 14.1. The summed E-state index contributed by atoms with van der Waals surface area (Å²) in [4.78, 5) is 2.44. The van der Waals surface area contributed by atoms with Crippen LogP contribution >= 0.6 is 0 Å². The smallest absolute Gasteiger partial charge is 0.0576 e. The zero-order valence-corrected chi connectivity index (χ0v) is 14.1. The van der Waals surface area contributed by atoms with Crippen LogP contribution in [0, 0.1) is 0 Å². The number of hydrogen-bond donors (Lipinski definition) is 2. The second kappa shape index (κ2) is 8.47. The topological polar surface area (TPSA) is 50.5 Å². The van der Waals surface area contributed by atoms with Crippen LogP contribution in [-0.4, -0.2) is 43.3 Å². The Labute approximate surface area is 130 Å². The fourth-order valence-electron chi connectivity index (χ4n) is 4.38. The molecular weight excluding hydrogens is 262 g/mol. The lowest BCUT2D eigenvalue weighted by atomic mass is 9.79. The van der Waals surface area contributed by atoms with E-state index < -0.39 is 0 Å². The molecule has 1 heterocycles. The van der Waals surface area contributed by atoms with E-state index in [2.05, 4.69) is 24.4 Å². The molecule has 1 saturated carbocycles. The fourth-order valence-corrected chi connectivity index (χ4v) is 4.38. The molecule has 0 amide bonds. The van der Waals surface area contributed by atoms with Gasteiger partial charge in [-0.2, -0.15) is 0 Å². The van der Waals surface area contributed by atoms with Crippen LogP contribution < -0.4 is 11.3 Å². The molecule has 0 spiro atoms. The number of nitrogens with one attached hydrogen (secondary N) is 1. The second-order valence-corrected chi connectivity index (χ2v) is 7.20. The van der Waals surface area contributed by atoms with Crippen molar-refractivity contribution in [3.8, 4) is 0 Å². The quantitative estimate of drug-likeness (QED) is 0.431. The first-order valence-electron chi connectivity index (χ1n) is 8.94. The van der Waals surface area contributed by atoms with Gasteiger partial charge in [-0.25, -0.2) is 0 Å². The van der Waals surface area contributed by atoms with Gasteiger partial charge in [0, 0.05) is 18.2 Å². The average Bonchev–Trinajstić information content (AvgIpc) is 2.86. The number of hydrazine groups is 1. The molecule has 2 fully saturated rings. The summed E-state index contributed by atoms with van der Waals surface area (Å²) < 4.78 is 5.74. The molecule has 2 aliphatic rings. The van der Waals surface area contributed by atoms with E-state index in [9.17, 15) is 0 Å². The van der Waals surface area contributed by atoms with Gasteiger partial charge in [-0.3, -0.25) is 11.3 Å². The van der Waals surface area contributed by atoms with Gasteiger partial charge < -0.3 is 9.64 Å². The average molecular weight is 297 g/mol. The van der Waals surface area contributed by atoms with Gasteiger partial charge >= 0.3 is 0 Å². The molecule has 4 heteroatoms. The van der Waals surface area contributed by atoms with Crippen molar-refractivity contribution in [2.24, 2.45) is 5.84 Å². The Kier molecular flexibility index (Phi) is 6.93. The third kappa shape index (κ3) is 4.41. The number of nitrogens with zero attached hydrogens (tertiary/aromatic N) is 1. The summed E-state index contributed by atoms with van der Waals surface area (Å²) in [7, 11) is 4.46. The molecule has 0 aromatic rings. The van der Waals surface area contributed by atoms with Gasteiger partial charge in [-0.1, -0.05) is 25.7 Å². The van der Waals surface area contributed by atoms with Crippen molar-refractivity contribution >= 4 is 0 Å². The first kappa shape index (κ1) is 17.2. The Hall–Kier alpha value is -0.160. The maximum absolute atomic E-state index is 5.96. The molecule has 0 aromatic heterocycles. The molecule has 0 radical (unpaired) electrons. The zero-order chi connectivity index (χ0) is 15.1. The number of nitrogens with two attached hydrogens (primary N) is 1. The number of rotatable bonds is 7. The summed E-state index contributed by atoms with van der Waals surface area (Å²) in [5.41, 5.74) is 3.40. The first-order chi connectivity index (χ1) is 10.2. The SMILES string of the molecule is CN(C)C1(C(CCCC2CCCO2)NN)CCCCCC1. The van der Waals surface area contributed by atoms with Crippen molar-refractivity contribution in [2.75, 3.05) is 20.7 Å². The second-order valence-electron chi connectivity index (χ2n) is 7.20. The highest BCUT2D eigenvalue weighted by atomic mass is 16.5. The Morgan fingerprint density at radius 1 is 1.19 bits per heavy atom. The summed E-state index contributed by atoms with van der Waals surface area (Å²) in [6, 6.07) is 0.395. The van der Waals surface area contributed by atoms with Crippen molar-refractivity contribution in [1.29, 1.82) is 0 Å². The van der Waals surface area contributed by atoms with Crippen LogP contribution in [0.2, 0.25) is 0 Å². The van der Waals surface area contributed by atoms with E-state index in [1.165, 1.54) is 64.2 Å². The molecule has 3 N–H and O–H groups in total. The predicted octanol–water partition coefficient (Wildman–Crippen LogP) is 2.82. The molecule has 124 valence electrons. The van der Waals surface area contributed by atoms with Crippen LogP contribution in [0.15, 0.2) is 0 Å². The first-order valence-corrected chi connectivity index (χ1v) is 8.94. The van der Waals surface area contributed by atoms with E-state index in [1.807, 2.05) is 0 Å². The van der Waals surface area contributed by atoms with E-state index >= 15 is 0 Å². The Morgan fingerprint density at radius 2 is 1.90 bits per heavy atom. The van der Waals surface area contributed by atoms with Gasteiger partial charge in [0.15, 0.2) is 0 Å². The van der Waals surface area contributed by atoms with Crippen LogP contribution in [-0.2, 0) is 4.74 Å². The normalized spacial score (nSPS) is 27.7. The third-order valence-electron chi connectivity index (χ3n) is 5.75. The molecule has 4 nitrogen and oxygen atoms in total. The number of hydrogen-bond acceptors (Lipinski definition) is 4. The van der Waals surface area contributed by atoms with Crippen LogP contribution in [0.1, 0.15) is 70.6 Å². The van der Waals surface area contributed by atoms with Gasteiger partial charge in [0.05, 0.1) is 6.10 Å². The van der Waals surface area contributed by atoms with Crippen molar-refractivity contribution < 1.29 is 4.74 Å². The molecule has 1 saturated heterocycles. The molecule has 2 rings (SSSR count). The number of ether oxygens (including phenoxy) is 1. The van der Waals surface area contributed by atoms with Gasteiger partial charge in [-0.15, -0.1) is 0 Å². The van der Waals surface area contributed by atoms with E-state index in [1.54, 1.807) is 0 Å². The van der Waals surface area contributed by atoms with E-state index in [-0.39, 0.29) is 5.54 Å². The minimum atomic E-state index is 0.238. The van der Waals surface area contributed by atoms with E-state index in [0.29, 0.717) is 12.1 Å². The molecule has 1 aliphatic carbocycles. The Morgan fingerprint density at radius 3 is 2.43 bits per heavy atom. The third-order valence-corrected chi connectivity index (χ3v) is 5.75. The van der Waals surface area contributed by atoms with Crippen LogP contribution in [0.5, 0.6) is 0 Å². The maximum atomic E-state index is 5.96. The lowest BCUT2D eigenvalue weighted by Gasteiger charge is -2.46. The lowest BCUT2D eigenvalue weighted by molar-refractivity contribution is 0.0681. The Balaban J connectivity index is 1.91. The van der Waals surface area contributed by atoms with Gasteiger partial charge in [0.1, 0.15) is 0 Å². The highest BCUT2D eigenvalue weighted by Gasteiger charge is 2.40. The van der Waals surface area contributed by atoms with E-state index in [0.717, 1.165) is 13.0 Å². The molecule has 2 unspecified atom stereocenters. The molecule has 1 aliphatic heterocycles. The fraction of sp³-hybridized carbons (Fsp3) is 1.00. The van der Waals surface area contributed by atoms with Crippen LogP contribution in [0.3, 0.4) is 0 Å².